The lowest BCUT2D eigenvalue weighted by Gasteiger charge is -2.06. The largest absolute Gasteiger partial charge is 0.297 e. The van der Waals surface area contributed by atoms with E-state index in [1.807, 2.05) is 0 Å². The molecule has 5 aromatic rings. The van der Waals surface area contributed by atoms with Crippen LogP contribution in [0.5, 0.6) is 0 Å². The predicted molar refractivity (Wildman–Crippen MR) is 305 cm³/mol. The summed E-state index contributed by atoms with van der Waals surface area (Å²) < 4.78 is 0. The molecule has 0 aliphatic rings. The molecule has 0 unspecified atom stereocenters. The normalized spacial score (nSPS) is 10.8. The molecule has 0 N–H and O–H groups in total. The van der Waals surface area contributed by atoms with E-state index in [0.717, 1.165) is 215 Å². The van der Waals surface area contributed by atoms with Gasteiger partial charge in [0.1, 0.15) is 0 Å². The molecule has 0 amide bonds. The standard InChI is InChI=1S/C62H76O2S5/c1-9-17-25-47-49(27-19-11-3)57(39-41-59-51(29-21-13-5)53(31-23-15-7)61(43-63)68-59)66-55(47)37-35-45-33-34-46(65-45)36-38-56-48(26-18-10-2)50(28-20-12-4)58(67-56)40-42-60-52(30-22-14-6)54(32-24-16-8)62(44-64)69-60/h33-34,43-44H,9-32H2,1-8H3. The third-order valence-electron chi connectivity index (χ3n) is 12.8. The monoisotopic (exact) mass is 1010 g/mol. The summed E-state index contributed by atoms with van der Waals surface area (Å²) in [6.07, 6.45) is 27.9. The first-order valence-electron chi connectivity index (χ1n) is 26.5. The molecule has 0 aliphatic heterocycles. The first-order chi connectivity index (χ1) is 33.8. The summed E-state index contributed by atoms with van der Waals surface area (Å²) in [7, 11) is 0. The average molecular weight is 1010 g/mol. The van der Waals surface area contributed by atoms with Crippen LogP contribution < -0.4 is 0 Å². The Balaban J connectivity index is 1.52. The first kappa shape index (κ1) is 56.0. The Hall–Kier alpha value is -3.92. The van der Waals surface area contributed by atoms with Crippen molar-refractivity contribution in [3.63, 3.8) is 0 Å². The van der Waals surface area contributed by atoms with E-state index in [1.165, 1.54) is 44.5 Å². The van der Waals surface area contributed by atoms with Crippen LogP contribution in [-0.2, 0) is 51.4 Å². The van der Waals surface area contributed by atoms with E-state index in [4.69, 9.17) is 0 Å². The van der Waals surface area contributed by atoms with Crippen molar-refractivity contribution in [3.8, 4) is 47.4 Å². The molecule has 2 nitrogen and oxygen atoms in total. The van der Waals surface area contributed by atoms with E-state index in [0.29, 0.717) is 0 Å². The van der Waals surface area contributed by atoms with Crippen LogP contribution in [0.25, 0.3) is 0 Å². The van der Waals surface area contributed by atoms with Gasteiger partial charge in [-0.1, -0.05) is 107 Å². The molecule has 0 saturated heterocycles. The molecule has 5 rings (SSSR count). The predicted octanol–water partition coefficient (Wildman–Crippen LogP) is 18.0. The second-order valence-electron chi connectivity index (χ2n) is 18.2. The van der Waals surface area contributed by atoms with Crippen molar-refractivity contribution in [1.82, 2.24) is 0 Å². The second kappa shape index (κ2) is 30.7. The van der Waals surface area contributed by atoms with Gasteiger partial charge in [0, 0.05) is 0 Å². The molecule has 0 radical (unpaired) electrons. The molecule has 69 heavy (non-hydrogen) atoms. The molecule has 366 valence electrons. The topological polar surface area (TPSA) is 34.1 Å². The quantitative estimate of drug-likeness (QED) is 0.0409. The van der Waals surface area contributed by atoms with Gasteiger partial charge in [-0.25, -0.2) is 0 Å². The van der Waals surface area contributed by atoms with Crippen molar-refractivity contribution in [1.29, 1.82) is 0 Å². The highest BCUT2D eigenvalue weighted by Gasteiger charge is 2.21. The van der Waals surface area contributed by atoms with E-state index in [2.05, 4.69) is 115 Å². The van der Waals surface area contributed by atoms with E-state index < -0.39 is 0 Å². The molecule has 5 aromatic heterocycles. The van der Waals surface area contributed by atoms with Crippen molar-refractivity contribution >= 4 is 69.3 Å². The summed E-state index contributed by atoms with van der Waals surface area (Å²) in [5, 5.41) is 0. The van der Waals surface area contributed by atoms with Crippen LogP contribution in [0, 0.1) is 47.4 Å². The number of hydrogen-bond donors (Lipinski definition) is 0. The Morgan fingerprint density at radius 1 is 0.304 bits per heavy atom. The molecule has 5 heterocycles. The van der Waals surface area contributed by atoms with Crippen LogP contribution in [0.4, 0.5) is 0 Å². The summed E-state index contributed by atoms with van der Waals surface area (Å²) in [4.78, 5) is 35.0. The minimum absolute atomic E-state index is 0.863. The van der Waals surface area contributed by atoms with Crippen LogP contribution in [0.2, 0.25) is 0 Å². The number of carbonyl (C=O) groups is 2. The van der Waals surface area contributed by atoms with Gasteiger partial charge < -0.3 is 0 Å². The van der Waals surface area contributed by atoms with Gasteiger partial charge in [0.2, 0.25) is 0 Å². The van der Waals surface area contributed by atoms with Gasteiger partial charge in [-0.2, -0.15) is 0 Å². The Bertz CT molecular complexity index is 2510. The Morgan fingerprint density at radius 2 is 0.522 bits per heavy atom. The lowest BCUT2D eigenvalue weighted by atomic mass is 9.97. The van der Waals surface area contributed by atoms with Gasteiger partial charge in [0.15, 0.2) is 12.6 Å². The lowest BCUT2D eigenvalue weighted by Crippen LogP contribution is -1.96. The van der Waals surface area contributed by atoms with Crippen molar-refractivity contribution in [2.45, 2.75) is 209 Å². The van der Waals surface area contributed by atoms with Crippen LogP contribution in [0.15, 0.2) is 12.1 Å². The molecule has 0 saturated carbocycles. The zero-order chi connectivity index (χ0) is 49.4. The van der Waals surface area contributed by atoms with Crippen molar-refractivity contribution in [2.24, 2.45) is 0 Å². The minimum atomic E-state index is 0.863. The van der Waals surface area contributed by atoms with Crippen LogP contribution in [0.1, 0.15) is 261 Å². The number of unbranched alkanes of at least 4 members (excludes halogenated alkanes) is 8. The zero-order valence-electron chi connectivity index (χ0n) is 43.1. The highest BCUT2D eigenvalue weighted by atomic mass is 32.1. The average Bonchev–Trinajstić information content (AvgIpc) is 4.19. The van der Waals surface area contributed by atoms with Crippen LogP contribution in [0.3, 0.4) is 0 Å². The maximum Gasteiger partial charge on any atom is 0.160 e. The molecule has 0 aliphatic carbocycles. The van der Waals surface area contributed by atoms with Gasteiger partial charge in [-0.3, -0.25) is 9.59 Å². The first-order valence-corrected chi connectivity index (χ1v) is 30.6. The van der Waals surface area contributed by atoms with Gasteiger partial charge in [0.05, 0.1) is 48.8 Å². The van der Waals surface area contributed by atoms with Gasteiger partial charge in [-0.15, -0.1) is 56.7 Å². The summed E-state index contributed by atoms with van der Waals surface area (Å²) >= 11 is 8.39. The smallest absolute Gasteiger partial charge is 0.160 e. The summed E-state index contributed by atoms with van der Waals surface area (Å²) in [6, 6.07) is 4.26. The lowest BCUT2D eigenvalue weighted by molar-refractivity contribution is 0.111. The Morgan fingerprint density at radius 3 is 0.768 bits per heavy atom. The number of thiophene rings is 5. The molecular formula is C62H76O2S5. The number of aldehydes is 2. The minimum Gasteiger partial charge on any atom is -0.297 e. The van der Waals surface area contributed by atoms with E-state index in [9.17, 15) is 9.59 Å². The highest BCUT2D eigenvalue weighted by molar-refractivity contribution is 7.15. The maximum absolute atomic E-state index is 12.3. The summed E-state index contributed by atoms with van der Waals surface area (Å²) in [6.45, 7) is 18.0. The Kier molecular flexibility index (Phi) is 24.9. The molecular weight excluding hydrogens is 937 g/mol. The maximum atomic E-state index is 12.3. The van der Waals surface area contributed by atoms with Gasteiger partial charge in [-0.05, 0) is 207 Å². The number of carbonyl (C=O) groups excluding carboxylic acids is 2. The van der Waals surface area contributed by atoms with Crippen molar-refractivity contribution in [3.05, 3.63) is 105 Å². The van der Waals surface area contributed by atoms with E-state index in [1.54, 1.807) is 56.7 Å². The summed E-state index contributed by atoms with van der Waals surface area (Å²) in [5.74, 6) is 29.1. The van der Waals surface area contributed by atoms with Gasteiger partial charge >= 0.3 is 0 Å². The molecule has 0 aromatic carbocycles. The fraction of sp³-hybridized carbons (Fsp3) is 0.516. The Labute approximate surface area is 438 Å². The zero-order valence-corrected chi connectivity index (χ0v) is 47.2. The van der Waals surface area contributed by atoms with E-state index >= 15 is 0 Å². The van der Waals surface area contributed by atoms with Crippen LogP contribution in [-0.4, -0.2) is 12.6 Å². The number of rotatable bonds is 26. The van der Waals surface area contributed by atoms with Gasteiger partial charge in [0.25, 0.3) is 0 Å². The molecule has 0 spiro atoms. The van der Waals surface area contributed by atoms with Crippen LogP contribution >= 0.6 is 56.7 Å². The highest BCUT2D eigenvalue weighted by Crippen LogP contribution is 2.36. The third-order valence-corrected chi connectivity index (χ3v) is 18.1. The van der Waals surface area contributed by atoms with Crippen molar-refractivity contribution in [2.75, 3.05) is 0 Å². The van der Waals surface area contributed by atoms with E-state index in [-0.39, 0.29) is 0 Å². The fourth-order valence-electron chi connectivity index (χ4n) is 8.73. The molecule has 7 heteroatoms. The van der Waals surface area contributed by atoms with Crippen molar-refractivity contribution < 1.29 is 9.59 Å². The number of hydrogen-bond acceptors (Lipinski definition) is 7. The molecule has 0 atom stereocenters. The molecule has 0 fully saturated rings. The summed E-state index contributed by atoms with van der Waals surface area (Å²) in [5.41, 5.74) is 10.6. The fourth-order valence-corrected chi connectivity index (χ4v) is 13.8. The third kappa shape index (κ3) is 15.8. The molecule has 0 bridgehead atoms. The SMILES string of the molecule is CCCCc1c(C#Cc2ccc(C#Cc3sc(C#Cc4sc(C=O)c(CCCC)c4CCCC)c(CCCC)c3CCCC)s2)sc(C#Cc2sc(C=O)c(CCCC)c2CCCC)c1CCCC. The second-order valence-corrected chi connectivity index (χ2v) is 23.4.